The zero-order valence-electron chi connectivity index (χ0n) is 18.7. The zero-order chi connectivity index (χ0) is 21.5. The minimum Gasteiger partial charge on any atom is -0.497 e. The highest BCUT2D eigenvalue weighted by Crippen LogP contribution is 2.27. The van der Waals surface area contributed by atoms with E-state index in [4.69, 9.17) is 9.47 Å². The van der Waals surface area contributed by atoms with Gasteiger partial charge < -0.3 is 14.8 Å². The van der Waals surface area contributed by atoms with Crippen molar-refractivity contribution in [2.45, 2.75) is 71.4 Å². The number of rotatable bonds is 9. The molecule has 1 aliphatic carbocycles. The molecule has 0 unspecified atom stereocenters. The summed E-state index contributed by atoms with van der Waals surface area (Å²) in [5, 5.41) is 3.23. The molecule has 3 rings (SSSR count). The average Bonchev–Trinajstić information content (AvgIpc) is 2.76. The molecule has 0 bridgehead atoms. The molecule has 0 spiro atoms. The smallest absolute Gasteiger partial charge is 0.261 e. The standard InChI is InChI=1S/C26H35NO3/c1-5-25(30-23-15-10-19-8-6-7-9-21(19)17-23)26(28)27-24(16-18(2)3)20-11-13-22(29-4)14-12-20/h10-15,17-18,24-25H,5-9,16H2,1-4H3,(H,27,28)/t24-,25-/m0/s1. The maximum absolute atomic E-state index is 13.1. The number of nitrogens with one attached hydrogen (secondary N) is 1. The molecule has 2 aromatic rings. The van der Waals surface area contributed by atoms with E-state index >= 15 is 0 Å². The lowest BCUT2D eigenvalue weighted by Gasteiger charge is -2.25. The molecule has 2 atom stereocenters. The van der Waals surface area contributed by atoms with Crippen molar-refractivity contribution in [1.82, 2.24) is 5.32 Å². The van der Waals surface area contributed by atoms with Crippen molar-refractivity contribution in [3.05, 3.63) is 59.2 Å². The Morgan fingerprint density at radius 3 is 2.30 bits per heavy atom. The van der Waals surface area contributed by atoms with Crippen LogP contribution in [0.15, 0.2) is 42.5 Å². The Labute approximate surface area is 181 Å². The van der Waals surface area contributed by atoms with Crippen molar-refractivity contribution in [1.29, 1.82) is 0 Å². The Balaban J connectivity index is 1.70. The third kappa shape index (κ3) is 5.78. The Hall–Kier alpha value is -2.49. The SMILES string of the molecule is CC[C@H](Oc1ccc2c(c1)CCCC2)C(=O)N[C@@H](CC(C)C)c1ccc(OC)cc1. The van der Waals surface area contributed by atoms with Crippen molar-refractivity contribution >= 4 is 5.91 Å². The Morgan fingerprint density at radius 2 is 1.67 bits per heavy atom. The second-order valence-corrected chi connectivity index (χ2v) is 8.62. The van der Waals surface area contributed by atoms with Gasteiger partial charge in [0.15, 0.2) is 6.10 Å². The highest BCUT2D eigenvalue weighted by Gasteiger charge is 2.24. The van der Waals surface area contributed by atoms with Gasteiger partial charge in [0.1, 0.15) is 11.5 Å². The number of ether oxygens (including phenoxy) is 2. The lowest BCUT2D eigenvalue weighted by Crippen LogP contribution is -2.40. The molecule has 0 saturated heterocycles. The van der Waals surface area contributed by atoms with E-state index in [1.165, 1.54) is 24.0 Å². The molecule has 0 radical (unpaired) electrons. The first-order valence-corrected chi connectivity index (χ1v) is 11.2. The third-order valence-electron chi connectivity index (χ3n) is 5.80. The van der Waals surface area contributed by atoms with E-state index in [9.17, 15) is 4.79 Å². The number of methoxy groups -OCH3 is 1. The summed E-state index contributed by atoms with van der Waals surface area (Å²) in [5.41, 5.74) is 3.87. The maximum Gasteiger partial charge on any atom is 0.261 e. The van der Waals surface area contributed by atoms with E-state index in [-0.39, 0.29) is 11.9 Å². The van der Waals surface area contributed by atoms with Gasteiger partial charge in [-0.15, -0.1) is 0 Å². The summed E-state index contributed by atoms with van der Waals surface area (Å²) in [6, 6.07) is 14.2. The van der Waals surface area contributed by atoms with Crippen molar-refractivity contribution in [2.75, 3.05) is 7.11 Å². The van der Waals surface area contributed by atoms with Crippen LogP contribution in [0.25, 0.3) is 0 Å². The fourth-order valence-corrected chi connectivity index (χ4v) is 4.12. The number of hydrogen-bond donors (Lipinski definition) is 1. The minimum atomic E-state index is -0.500. The van der Waals surface area contributed by atoms with Gasteiger partial charge in [0.2, 0.25) is 0 Å². The van der Waals surface area contributed by atoms with Gasteiger partial charge in [-0.25, -0.2) is 0 Å². The number of carbonyl (C=O) groups excluding carboxylic acids is 1. The summed E-state index contributed by atoms with van der Waals surface area (Å²) < 4.78 is 11.4. The molecular weight excluding hydrogens is 374 g/mol. The van der Waals surface area contributed by atoms with Gasteiger partial charge in [-0.1, -0.05) is 39.0 Å². The van der Waals surface area contributed by atoms with Crippen molar-refractivity contribution < 1.29 is 14.3 Å². The monoisotopic (exact) mass is 409 g/mol. The number of benzene rings is 2. The molecule has 1 amide bonds. The molecule has 1 N–H and O–H groups in total. The fraction of sp³-hybridized carbons (Fsp3) is 0.500. The van der Waals surface area contributed by atoms with E-state index in [0.29, 0.717) is 12.3 Å². The van der Waals surface area contributed by atoms with E-state index in [1.54, 1.807) is 7.11 Å². The predicted octanol–water partition coefficient (Wildman–Crippen LogP) is 5.64. The largest absolute Gasteiger partial charge is 0.497 e. The Kier molecular flexibility index (Phi) is 7.78. The second kappa shape index (κ2) is 10.5. The van der Waals surface area contributed by atoms with Crippen molar-refractivity contribution in [2.24, 2.45) is 5.92 Å². The normalized spacial score (nSPS) is 15.2. The lowest BCUT2D eigenvalue weighted by molar-refractivity contribution is -0.129. The van der Waals surface area contributed by atoms with Gasteiger partial charge in [0, 0.05) is 0 Å². The number of aryl methyl sites for hydroxylation is 2. The molecular formula is C26H35NO3. The van der Waals surface area contributed by atoms with Crippen LogP contribution >= 0.6 is 0 Å². The Bertz CT molecular complexity index is 829. The molecule has 0 saturated carbocycles. The maximum atomic E-state index is 13.1. The Morgan fingerprint density at radius 1 is 1.00 bits per heavy atom. The molecule has 1 aliphatic rings. The van der Waals surface area contributed by atoms with Crippen LogP contribution in [-0.4, -0.2) is 19.1 Å². The molecule has 0 aromatic heterocycles. The molecule has 162 valence electrons. The molecule has 4 nitrogen and oxygen atoms in total. The number of amides is 1. The molecule has 0 heterocycles. The van der Waals surface area contributed by atoms with Gasteiger partial charge >= 0.3 is 0 Å². The van der Waals surface area contributed by atoms with Gasteiger partial charge in [0.25, 0.3) is 5.91 Å². The van der Waals surface area contributed by atoms with Crippen LogP contribution < -0.4 is 14.8 Å². The quantitative estimate of drug-likeness (QED) is 0.583. The predicted molar refractivity (Wildman–Crippen MR) is 121 cm³/mol. The van der Waals surface area contributed by atoms with E-state index in [0.717, 1.165) is 36.3 Å². The number of fused-ring (bicyclic) bond motifs is 1. The van der Waals surface area contributed by atoms with Crippen LogP contribution in [0.3, 0.4) is 0 Å². The molecule has 0 fully saturated rings. The van der Waals surface area contributed by atoms with Crippen LogP contribution in [0, 0.1) is 5.92 Å². The van der Waals surface area contributed by atoms with E-state index in [2.05, 4.69) is 31.3 Å². The number of hydrogen-bond acceptors (Lipinski definition) is 3. The summed E-state index contributed by atoms with van der Waals surface area (Å²) in [6.45, 7) is 6.33. The molecule has 2 aromatic carbocycles. The van der Waals surface area contributed by atoms with E-state index in [1.807, 2.05) is 37.3 Å². The fourth-order valence-electron chi connectivity index (χ4n) is 4.12. The van der Waals surface area contributed by atoms with Crippen LogP contribution in [0.2, 0.25) is 0 Å². The van der Waals surface area contributed by atoms with Crippen LogP contribution in [-0.2, 0) is 17.6 Å². The van der Waals surface area contributed by atoms with Crippen LogP contribution in [0.4, 0.5) is 0 Å². The summed E-state index contributed by atoms with van der Waals surface area (Å²) in [7, 11) is 1.66. The molecule has 0 aliphatic heterocycles. The topological polar surface area (TPSA) is 47.6 Å². The summed E-state index contributed by atoms with van der Waals surface area (Å²) in [5.74, 6) is 2.01. The van der Waals surface area contributed by atoms with Gasteiger partial charge in [-0.2, -0.15) is 0 Å². The first-order chi connectivity index (χ1) is 14.5. The lowest BCUT2D eigenvalue weighted by atomic mass is 9.92. The van der Waals surface area contributed by atoms with Crippen LogP contribution in [0.5, 0.6) is 11.5 Å². The summed E-state index contributed by atoms with van der Waals surface area (Å²) in [4.78, 5) is 13.1. The zero-order valence-corrected chi connectivity index (χ0v) is 18.7. The van der Waals surface area contributed by atoms with Crippen molar-refractivity contribution in [3.63, 3.8) is 0 Å². The van der Waals surface area contributed by atoms with Gasteiger partial charge in [-0.05, 0) is 85.4 Å². The molecule has 4 heteroatoms. The molecule has 30 heavy (non-hydrogen) atoms. The number of carbonyl (C=O) groups is 1. The van der Waals surface area contributed by atoms with Crippen LogP contribution in [0.1, 0.15) is 69.2 Å². The highest BCUT2D eigenvalue weighted by atomic mass is 16.5. The van der Waals surface area contributed by atoms with E-state index < -0.39 is 6.10 Å². The minimum absolute atomic E-state index is 0.0513. The second-order valence-electron chi connectivity index (χ2n) is 8.62. The summed E-state index contributed by atoms with van der Waals surface area (Å²) >= 11 is 0. The van der Waals surface area contributed by atoms with Crippen molar-refractivity contribution in [3.8, 4) is 11.5 Å². The third-order valence-corrected chi connectivity index (χ3v) is 5.80. The average molecular weight is 410 g/mol. The summed E-state index contributed by atoms with van der Waals surface area (Å²) in [6.07, 6.45) is 5.73. The first-order valence-electron chi connectivity index (χ1n) is 11.2. The highest BCUT2D eigenvalue weighted by molar-refractivity contribution is 5.81. The first kappa shape index (κ1) is 22.2. The van der Waals surface area contributed by atoms with Gasteiger partial charge in [-0.3, -0.25) is 4.79 Å². The van der Waals surface area contributed by atoms with Gasteiger partial charge in [0.05, 0.1) is 13.2 Å².